The van der Waals surface area contributed by atoms with Gasteiger partial charge in [0.15, 0.2) is 0 Å². The number of aromatic nitrogens is 3. The Bertz CT molecular complexity index is 1100. The van der Waals surface area contributed by atoms with E-state index in [2.05, 4.69) is 53.9 Å². The van der Waals surface area contributed by atoms with Gasteiger partial charge in [-0.1, -0.05) is 6.07 Å². The van der Waals surface area contributed by atoms with Crippen LogP contribution in [-0.4, -0.2) is 27.9 Å². The summed E-state index contributed by atoms with van der Waals surface area (Å²) in [5.74, 6) is 0.617. The molecule has 1 fully saturated rings. The van der Waals surface area contributed by atoms with E-state index in [9.17, 15) is 0 Å². The Balaban J connectivity index is 1.56. The molecular weight excluding hydrogens is 340 g/mol. The van der Waals surface area contributed by atoms with Gasteiger partial charge < -0.3 is 5.32 Å². The van der Waals surface area contributed by atoms with Gasteiger partial charge in [0.05, 0.1) is 20.7 Å². The monoisotopic (exact) mass is 362 g/mol. The number of aryl methyl sites for hydroxylation is 2. The number of benzene rings is 2. The molecule has 0 unspecified atom stereocenters. The van der Waals surface area contributed by atoms with Crippen LogP contribution >= 0.6 is 11.3 Å². The molecule has 3 heterocycles. The van der Waals surface area contributed by atoms with Crippen molar-refractivity contribution in [3.05, 3.63) is 47.1 Å². The van der Waals surface area contributed by atoms with Crippen molar-refractivity contribution in [2.45, 2.75) is 25.7 Å². The van der Waals surface area contributed by atoms with Gasteiger partial charge in [0.25, 0.3) is 0 Å². The molecule has 2 aromatic carbocycles. The SMILES string of the molecule is Cc1cc(-c2ccc3nc(C4CCNCC4)sc3c2)cc2cn(C)nc12. The lowest BCUT2D eigenvalue weighted by Crippen LogP contribution is -2.26. The Kier molecular flexibility index (Phi) is 3.80. The van der Waals surface area contributed by atoms with Crippen molar-refractivity contribution in [3.63, 3.8) is 0 Å². The fraction of sp³-hybridized carbons (Fsp3) is 0.333. The van der Waals surface area contributed by atoms with Gasteiger partial charge in [-0.05, 0) is 73.8 Å². The summed E-state index contributed by atoms with van der Waals surface area (Å²) in [6.07, 6.45) is 4.49. The summed E-state index contributed by atoms with van der Waals surface area (Å²) < 4.78 is 3.18. The minimum absolute atomic E-state index is 0.617. The molecule has 5 rings (SSSR count). The summed E-state index contributed by atoms with van der Waals surface area (Å²) in [6.45, 7) is 4.35. The second kappa shape index (κ2) is 6.18. The summed E-state index contributed by atoms with van der Waals surface area (Å²) >= 11 is 1.87. The lowest BCUT2D eigenvalue weighted by Gasteiger charge is -2.20. The zero-order chi connectivity index (χ0) is 17.7. The molecule has 4 aromatic rings. The van der Waals surface area contributed by atoms with Crippen molar-refractivity contribution in [2.24, 2.45) is 7.05 Å². The molecule has 0 spiro atoms. The van der Waals surface area contributed by atoms with Crippen LogP contribution in [0.2, 0.25) is 0 Å². The first kappa shape index (κ1) is 16.0. The Morgan fingerprint density at radius 1 is 1.12 bits per heavy atom. The highest BCUT2D eigenvalue weighted by Gasteiger charge is 2.19. The lowest BCUT2D eigenvalue weighted by molar-refractivity contribution is 0.459. The fourth-order valence-electron chi connectivity index (χ4n) is 3.96. The van der Waals surface area contributed by atoms with E-state index in [0.29, 0.717) is 5.92 Å². The van der Waals surface area contributed by atoms with E-state index in [1.807, 2.05) is 23.1 Å². The Labute approximate surface area is 156 Å². The number of rotatable bonds is 2. The molecule has 1 saturated heterocycles. The number of hydrogen-bond donors (Lipinski definition) is 1. The summed E-state index contributed by atoms with van der Waals surface area (Å²) in [5.41, 5.74) is 5.95. The Morgan fingerprint density at radius 3 is 2.81 bits per heavy atom. The standard InChI is InChI=1S/C21H22N4S/c1-13-9-16(10-17-12-25(2)24-20(13)17)15-3-4-18-19(11-15)26-21(23-18)14-5-7-22-8-6-14/h3-4,9-12,14,22H,5-8H2,1-2H3. The van der Waals surface area contributed by atoms with Gasteiger partial charge in [-0.25, -0.2) is 4.98 Å². The summed E-state index contributed by atoms with van der Waals surface area (Å²) in [4.78, 5) is 4.92. The van der Waals surface area contributed by atoms with Crippen LogP contribution in [0.1, 0.15) is 29.3 Å². The van der Waals surface area contributed by atoms with E-state index in [0.717, 1.165) is 24.1 Å². The third-order valence-electron chi connectivity index (χ3n) is 5.34. The van der Waals surface area contributed by atoms with E-state index < -0.39 is 0 Å². The molecule has 1 aliphatic rings. The van der Waals surface area contributed by atoms with Gasteiger partial charge >= 0.3 is 0 Å². The van der Waals surface area contributed by atoms with Gasteiger partial charge in [0.2, 0.25) is 0 Å². The molecular formula is C21H22N4S. The van der Waals surface area contributed by atoms with Crippen molar-refractivity contribution >= 4 is 32.5 Å². The van der Waals surface area contributed by atoms with Crippen molar-refractivity contribution in [3.8, 4) is 11.1 Å². The largest absolute Gasteiger partial charge is 0.317 e. The number of piperidine rings is 1. The molecule has 0 radical (unpaired) electrons. The summed E-state index contributed by atoms with van der Waals surface area (Å²) in [6, 6.07) is 11.2. The average Bonchev–Trinajstić information content (AvgIpc) is 3.24. The second-order valence-electron chi connectivity index (χ2n) is 7.29. The molecule has 0 bridgehead atoms. The third-order valence-corrected chi connectivity index (χ3v) is 6.52. The number of thiazole rings is 1. The second-order valence-corrected chi connectivity index (χ2v) is 8.35. The first-order chi connectivity index (χ1) is 12.7. The van der Waals surface area contributed by atoms with Crippen LogP contribution in [0.5, 0.6) is 0 Å². The minimum Gasteiger partial charge on any atom is -0.317 e. The van der Waals surface area contributed by atoms with Gasteiger partial charge in [0.1, 0.15) is 0 Å². The topological polar surface area (TPSA) is 42.7 Å². The van der Waals surface area contributed by atoms with Crippen LogP contribution in [0.15, 0.2) is 36.5 Å². The first-order valence-electron chi connectivity index (χ1n) is 9.23. The van der Waals surface area contributed by atoms with Crippen molar-refractivity contribution in [1.82, 2.24) is 20.1 Å². The minimum atomic E-state index is 0.617. The van der Waals surface area contributed by atoms with Crippen molar-refractivity contribution in [2.75, 3.05) is 13.1 Å². The van der Waals surface area contributed by atoms with E-state index in [1.165, 1.54) is 44.6 Å². The molecule has 26 heavy (non-hydrogen) atoms. The quantitative estimate of drug-likeness (QED) is 0.565. The highest BCUT2D eigenvalue weighted by Crippen LogP contribution is 2.35. The highest BCUT2D eigenvalue weighted by atomic mass is 32.1. The zero-order valence-corrected chi connectivity index (χ0v) is 15.9. The van der Waals surface area contributed by atoms with Crippen LogP contribution in [-0.2, 0) is 7.05 Å². The molecule has 0 saturated carbocycles. The Morgan fingerprint density at radius 2 is 1.96 bits per heavy atom. The maximum atomic E-state index is 4.92. The van der Waals surface area contributed by atoms with Crippen LogP contribution in [0.25, 0.3) is 32.2 Å². The summed E-state index contributed by atoms with van der Waals surface area (Å²) in [5, 5.41) is 10.5. The third kappa shape index (κ3) is 2.72. The van der Waals surface area contributed by atoms with Gasteiger partial charge in [0, 0.05) is 24.5 Å². The maximum Gasteiger partial charge on any atom is 0.0970 e. The number of nitrogens with zero attached hydrogens (tertiary/aromatic N) is 3. The Hall–Kier alpha value is -2.24. The lowest BCUT2D eigenvalue weighted by atomic mass is 9.99. The highest BCUT2D eigenvalue weighted by molar-refractivity contribution is 7.18. The predicted molar refractivity (Wildman–Crippen MR) is 109 cm³/mol. The number of hydrogen-bond acceptors (Lipinski definition) is 4. The van der Waals surface area contributed by atoms with E-state index in [1.54, 1.807) is 0 Å². The number of nitrogens with one attached hydrogen (secondary N) is 1. The zero-order valence-electron chi connectivity index (χ0n) is 15.1. The molecule has 1 N–H and O–H groups in total. The van der Waals surface area contributed by atoms with E-state index in [4.69, 9.17) is 4.98 Å². The molecule has 1 aliphatic heterocycles. The predicted octanol–water partition coefficient (Wildman–Crippen LogP) is 4.63. The normalized spacial score (nSPS) is 15.9. The van der Waals surface area contributed by atoms with E-state index in [-0.39, 0.29) is 0 Å². The van der Waals surface area contributed by atoms with Crippen LogP contribution in [0.4, 0.5) is 0 Å². The van der Waals surface area contributed by atoms with Gasteiger partial charge in [-0.15, -0.1) is 11.3 Å². The smallest absolute Gasteiger partial charge is 0.0970 e. The molecule has 0 amide bonds. The fourth-order valence-corrected chi connectivity index (χ4v) is 5.14. The molecule has 2 aromatic heterocycles. The molecule has 5 heteroatoms. The molecule has 4 nitrogen and oxygen atoms in total. The summed E-state index contributed by atoms with van der Waals surface area (Å²) in [7, 11) is 1.98. The average molecular weight is 363 g/mol. The number of fused-ring (bicyclic) bond motifs is 2. The van der Waals surface area contributed by atoms with Crippen molar-refractivity contribution < 1.29 is 0 Å². The maximum absolute atomic E-state index is 4.92. The molecule has 0 atom stereocenters. The van der Waals surface area contributed by atoms with Crippen molar-refractivity contribution in [1.29, 1.82) is 0 Å². The van der Waals surface area contributed by atoms with Crippen LogP contribution in [0, 0.1) is 6.92 Å². The van der Waals surface area contributed by atoms with Crippen LogP contribution in [0.3, 0.4) is 0 Å². The van der Waals surface area contributed by atoms with Crippen LogP contribution < -0.4 is 5.32 Å². The van der Waals surface area contributed by atoms with Gasteiger partial charge in [-0.3, -0.25) is 4.68 Å². The first-order valence-corrected chi connectivity index (χ1v) is 10.0. The molecule has 132 valence electrons. The molecule has 0 aliphatic carbocycles. The van der Waals surface area contributed by atoms with Gasteiger partial charge in [-0.2, -0.15) is 5.10 Å². The van der Waals surface area contributed by atoms with E-state index >= 15 is 0 Å².